The minimum atomic E-state index is -4.53. The van der Waals surface area contributed by atoms with Crippen molar-refractivity contribution in [3.05, 3.63) is 76.9 Å². The van der Waals surface area contributed by atoms with Gasteiger partial charge in [0.15, 0.2) is 11.9 Å². The van der Waals surface area contributed by atoms with Crippen molar-refractivity contribution >= 4 is 5.78 Å². The minimum Gasteiger partial charge on any atom is -0.362 e. The van der Waals surface area contributed by atoms with Crippen molar-refractivity contribution < 1.29 is 18.0 Å². The molecule has 0 saturated heterocycles. The van der Waals surface area contributed by atoms with Gasteiger partial charge in [-0.3, -0.25) is 9.78 Å². The summed E-state index contributed by atoms with van der Waals surface area (Å²) in [4.78, 5) is 17.1. The van der Waals surface area contributed by atoms with Crippen molar-refractivity contribution in [3.63, 3.8) is 0 Å². The lowest BCUT2D eigenvalue weighted by Gasteiger charge is -2.47. The van der Waals surface area contributed by atoms with Gasteiger partial charge in [0.2, 0.25) is 0 Å². The number of rotatable bonds is 3. The van der Waals surface area contributed by atoms with E-state index in [1.807, 2.05) is 25.1 Å². The first-order valence-electron chi connectivity index (χ1n) is 11.3. The molecule has 2 atom stereocenters. The van der Waals surface area contributed by atoms with Gasteiger partial charge in [-0.15, -0.1) is 0 Å². The lowest BCUT2D eigenvalue weighted by atomic mass is 9.58. The average molecular weight is 467 g/mol. The molecule has 0 amide bonds. The Balaban J connectivity index is 1.70. The van der Waals surface area contributed by atoms with Crippen molar-refractivity contribution in [3.8, 4) is 11.1 Å². The Morgan fingerprint density at radius 1 is 1.12 bits per heavy atom. The van der Waals surface area contributed by atoms with Crippen LogP contribution < -0.4 is 5.32 Å². The summed E-state index contributed by atoms with van der Waals surface area (Å²) in [5, 5.41) is 11.9. The lowest BCUT2D eigenvalue weighted by molar-refractivity contribution is -0.141. The van der Waals surface area contributed by atoms with Crippen molar-refractivity contribution in [2.45, 2.75) is 57.8 Å². The fourth-order valence-electron chi connectivity index (χ4n) is 5.62. The van der Waals surface area contributed by atoms with E-state index in [1.54, 1.807) is 18.3 Å². The number of nitrogens with one attached hydrogen (secondary N) is 1. The lowest BCUT2D eigenvalue weighted by Crippen LogP contribution is -2.51. The summed E-state index contributed by atoms with van der Waals surface area (Å²) in [6.07, 6.45) is -0.249. The third kappa shape index (κ3) is 3.47. The third-order valence-electron chi connectivity index (χ3n) is 7.05. The Labute approximate surface area is 195 Å². The Kier molecular flexibility index (Phi) is 5.04. The Hall–Kier alpha value is -3.29. The number of fused-ring (bicyclic) bond motifs is 1. The molecule has 0 bridgehead atoms. The zero-order valence-corrected chi connectivity index (χ0v) is 19.2. The summed E-state index contributed by atoms with van der Waals surface area (Å²) in [7, 11) is 0. The number of carbonyl (C=O) groups excluding carboxylic acids is 1. The van der Waals surface area contributed by atoms with Gasteiger partial charge >= 0.3 is 6.18 Å². The summed E-state index contributed by atoms with van der Waals surface area (Å²) >= 11 is 0. The average Bonchev–Trinajstić information content (AvgIpc) is 3.25. The van der Waals surface area contributed by atoms with Crippen molar-refractivity contribution in [2.75, 3.05) is 0 Å². The number of pyridine rings is 1. The number of nitrogens with zero attached hydrogens (tertiary/aromatic N) is 3. The van der Waals surface area contributed by atoms with Gasteiger partial charge in [0.25, 0.3) is 0 Å². The van der Waals surface area contributed by atoms with Gasteiger partial charge in [-0.25, -0.2) is 0 Å². The number of azo groups is 1. The van der Waals surface area contributed by atoms with Crippen LogP contribution in [0.15, 0.2) is 75.9 Å². The van der Waals surface area contributed by atoms with Gasteiger partial charge in [-0.2, -0.15) is 23.4 Å². The molecule has 0 spiro atoms. The highest BCUT2D eigenvalue weighted by Crippen LogP contribution is 2.54. The highest BCUT2D eigenvalue weighted by atomic mass is 19.4. The fourth-order valence-corrected chi connectivity index (χ4v) is 5.62. The Morgan fingerprint density at radius 3 is 2.62 bits per heavy atom. The van der Waals surface area contributed by atoms with Gasteiger partial charge in [0, 0.05) is 29.5 Å². The summed E-state index contributed by atoms with van der Waals surface area (Å²) in [6, 6.07) is 10.1. The minimum absolute atomic E-state index is 0.0838. The second-order valence-corrected chi connectivity index (χ2v) is 9.92. The molecule has 176 valence electrons. The number of aromatic nitrogens is 1. The Bertz CT molecular complexity index is 1270. The molecule has 2 aliphatic heterocycles. The van der Waals surface area contributed by atoms with Gasteiger partial charge in [-0.05, 0) is 53.1 Å². The standard InChI is InChI=1S/C26H25F3N4O/c1-4-25(17-7-5-6-15(10-17)16-8-9-30-21(11-16)26(27,28)29)18-14-31-33-23(18)32-19-12-24(2,3)13-20(34)22(19)25/h5-11,14,23,32H,4,12-13H2,1-3H3/t23?,25-/m1/s1. The van der Waals surface area contributed by atoms with E-state index in [-0.39, 0.29) is 17.4 Å². The molecular formula is C26H25F3N4O. The Morgan fingerprint density at radius 2 is 1.88 bits per heavy atom. The highest BCUT2D eigenvalue weighted by molar-refractivity contribution is 6.01. The molecule has 1 unspecified atom stereocenters. The molecule has 34 heavy (non-hydrogen) atoms. The van der Waals surface area contributed by atoms with E-state index in [9.17, 15) is 18.0 Å². The molecule has 2 aromatic rings. The first-order valence-corrected chi connectivity index (χ1v) is 11.3. The summed E-state index contributed by atoms with van der Waals surface area (Å²) in [5.74, 6) is 0.0838. The van der Waals surface area contributed by atoms with Gasteiger partial charge in [-0.1, -0.05) is 39.0 Å². The molecular weight excluding hydrogens is 441 g/mol. The van der Waals surface area contributed by atoms with Crippen LogP contribution in [0.2, 0.25) is 0 Å². The molecule has 5 rings (SSSR count). The first kappa shape index (κ1) is 22.5. The summed E-state index contributed by atoms with van der Waals surface area (Å²) in [5.41, 5.74) is 2.55. The first-order chi connectivity index (χ1) is 16.0. The zero-order valence-electron chi connectivity index (χ0n) is 19.2. The van der Waals surface area contributed by atoms with Gasteiger partial charge < -0.3 is 5.32 Å². The van der Waals surface area contributed by atoms with Crippen LogP contribution in [0.3, 0.4) is 0 Å². The normalized spacial score (nSPS) is 25.5. The van der Waals surface area contributed by atoms with Crippen molar-refractivity contribution in [1.29, 1.82) is 0 Å². The number of benzene rings is 1. The van der Waals surface area contributed by atoms with Crippen LogP contribution in [0.1, 0.15) is 51.3 Å². The van der Waals surface area contributed by atoms with Crippen molar-refractivity contribution in [1.82, 2.24) is 10.3 Å². The maximum Gasteiger partial charge on any atom is 0.433 e. The molecule has 3 aliphatic rings. The predicted octanol–water partition coefficient (Wildman–Crippen LogP) is 6.34. The van der Waals surface area contributed by atoms with E-state index in [0.29, 0.717) is 30.4 Å². The topological polar surface area (TPSA) is 66.7 Å². The molecule has 0 radical (unpaired) electrons. The van der Waals surface area contributed by atoms with E-state index < -0.39 is 17.3 Å². The van der Waals surface area contributed by atoms with E-state index in [2.05, 4.69) is 34.4 Å². The molecule has 0 saturated carbocycles. The van der Waals surface area contributed by atoms with Crippen LogP contribution >= 0.6 is 0 Å². The molecule has 1 aromatic heterocycles. The van der Waals surface area contributed by atoms with Crippen LogP contribution in [0.4, 0.5) is 13.2 Å². The number of halogens is 3. The van der Waals surface area contributed by atoms with E-state index in [1.165, 1.54) is 6.20 Å². The van der Waals surface area contributed by atoms with Crippen LogP contribution in [-0.2, 0) is 16.4 Å². The molecule has 8 heteroatoms. The quantitative estimate of drug-likeness (QED) is 0.574. The monoisotopic (exact) mass is 466 g/mol. The molecule has 5 nitrogen and oxygen atoms in total. The van der Waals surface area contributed by atoms with Crippen LogP contribution in [-0.4, -0.2) is 16.9 Å². The number of carbonyl (C=O) groups is 1. The number of ketones is 1. The van der Waals surface area contributed by atoms with Crippen LogP contribution in [0, 0.1) is 5.41 Å². The number of hydrogen-bond acceptors (Lipinski definition) is 5. The summed E-state index contributed by atoms with van der Waals surface area (Å²) < 4.78 is 39.8. The SMILES string of the molecule is CC[C@@]1(c2cccc(-c3ccnc(C(F)(F)F)c3)c2)C2=CN=NC2NC2=C1C(=O)CC(C)(C)C2. The molecule has 0 fully saturated rings. The number of allylic oxidation sites excluding steroid dienone is 2. The van der Waals surface area contributed by atoms with E-state index in [0.717, 1.165) is 28.5 Å². The zero-order chi connectivity index (χ0) is 24.3. The highest BCUT2D eigenvalue weighted by Gasteiger charge is 2.53. The predicted molar refractivity (Wildman–Crippen MR) is 122 cm³/mol. The largest absolute Gasteiger partial charge is 0.433 e. The maximum atomic E-state index is 13.6. The number of alkyl halides is 3. The van der Waals surface area contributed by atoms with Crippen LogP contribution in [0.25, 0.3) is 11.1 Å². The van der Waals surface area contributed by atoms with E-state index >= 15 is 0 Å². The second kappa shape index (κ2) is 7.61. The third-order valence-corrected chi connectivity index (χ3v) is 7.05. The maximum absolute atomic E-state index is 13.6. The fraction of sp³-hybridized carbons (Fsp3) is 0.385. The number of Topliss-reactive ketones (excluding diaryl/α,β-unsaturated/α-hetero) is 1. The molecule has 1 aliphatic carbocycles. The van der Waals surface area contributed by atoms with E-state index in [4.69, 9.17) is 0 Å². The van der Waals surface area contributed by atoms with Crippen LogP contribution in [0.5, 0.6) is 0 Å². The van der Waals surface area contributed by atoms with Crippen molar-refractivity contribution in [2.24, 2.45) is 15.6 Å². The van der Waals surface area contributed by atoms with Gasteiger partial charge in [0.1, 0.15) is 5.69 Å². The van der Waals surface area contributed by atoms with Gasteiger partial charge in [0.05, 0.1) is 11.6 Å². The molecule has 3 heterocycles. The smallest absolute Gasteiger partial charge is 0.362 e. The molecule has 1 N–H and O–H groups in total. The summed E-state index contributed by atoms with van der Waals surface area (Å²) in [6.45, 7) is 6.18. The number of hydrogen-bond donors (Lipinski definition) is 1. The second-order valence-electron chi connectivity index (χ2n) is 9.92. The molecule has 1 aromatic carbocycles.